The van der Waals surface area contributed by atoms with Crippen LogP contribution >= 0.6 is 15.9 Å². The number of carbonyl (C=O) groups is 1. The Morgan fingerprint density at radius 2 is 1.88 bits per heavy atom. The number of nitrogens with zero attached hydrogens (tertiary/aromatic N) is 1. The lowest BCUT2D eigenvalue weighted by atomic mass is 10.1. The van der Waals surface area contributed by atoms with E-state index in [0.29, 0.717) is 12.4 Å². The Morgan fingerprint density at radius 1 is 1.15 bits per heavy atom. The summed E-state index contributed by atoms with van der Waals surface area (Å²) in [5, 5.41) is 11.6. The van der Waals surface area contributed by atoms with Crippen molar-refractivity contribution < 1.29 is 36.2 Å². The molecule has 0 fully saturated rings. The second-order valence-electron chi connectivity index (χ2n) is 7.49. The summed E-state index contributed by atoms with van der Waals surface area (Å²) >= 11 is 3.44. The van der Waals surface area contributed by atoms with Crippen molar-refractivity contribution >= 4 is 42.8 Å². The fraction of sp³-hybridized carbons (Fsp3) is 0.286. The first kappa shape index (κ1) is 23.6. The second kappa shape index (κ2) is 8.65. The van der Waals surface area contributed by atoms with Gasteiger partial charge in [-0.1, -0.05) is 28.1 Å². The third-order valence-corrected chi connectivity index (χ3v) is 7.48. The predicted molar refractivity (Wildman–Crippen MR) is 117 cm³/mol. The number of alkyl halides is 3. The van der Waals surface area contributed by atoms with E-state index in [9.17, 15) is 21.6 Å². The minimum absolute atomic E-state index is 0.225. The minimum Gasteiger partial charge on any atom is -0.492 e. The van der Waals surface area contributed by atoms with Gasteiger partial charge in [-0.15, -0.1) is 0 Å². The quantitative estimate of drug-likeness (QED) is 0.506. The molecule has 0 radical (unpaired) electrons. The van der Waals surface area contributed by atoms with Gasteiger partial charge in [0.25, 0.3) is 10.0 Å². The molecule has 5 rings (SSSR count). The van der Waals surface area contributed by atoms with E-state index in [1.807, 2.05) is 18.2 Å². The van der Waals surface area contributed by atoms with Crippen molar-refractivity contribution in [3.63, 3.8) is 0 Å². The van der Waals surface area contributed by atoms with Crippen molar-refractivity contribution in [3.8, 4) is 5.75 Å². The maximum atomic E-state index is 13.6. The smallest absolute Gasteiger partial charge is 0.490 e. The average Bonchev–Trinajstić information content (AvgIpc) is 3.29. The standard InChI is InChI=1S/C19H17BrN2O3S.C2HF3O2/c20-15-8-12-5-7-25-19(12)17(9-15)26(23,24)22-11-14-4-6-21-10-13-2-1-3-16(22)18(13)14;3-2(4,5)1(6)7/h1-3,8-9,11,21H,4-7,10H2;(H,6,7). The fourth-order valence-electron chi connectivity index (χ4n) is 3.93. The van der Waals surface area contributed by atoms with E-state index in [1.165, 1.54) is 3.97 Å². The van der Waals surface area contributed by atoms with Gasteiger partial charge < -0.3 is 15.2 Å². The van der Waals surface area contributed by atoms with Gasteiger partial charge in [-0.05, 0) is 42.3 Å². The highest BCUT2D eigenvalue weighted by Crippen LogP contribution is 2.38. The van der Waals surface area contributed by atoms with Gasteiger partial charge in [0.2, 0.25) is 0 Å². The van der Waals surface area contributed by atoms with Gasteiger partial charge in [-0.25, -0.2) is 17.2 Å². The lowest BCUT2D eigenvalue weighted by Crippen LogP contribution is -2.21. The van der Waals surface area contributed by atoms with Crippen molar-refractivity contribution in [2.45, 2.75) is 30.5 Å². The van der Waals surface area contributed by atoms with Crippen molar-refractivity contribution in [1.82, 2.24) is 9.29 Å². The molecule has 12 heteroatoms. The van der Waals surface area contributed by atoms with Crippen LogP contribution in [0.3, 0.4) is 0 Å². The van der Waals surface area contributed by atoms with Crippen LogP contribution < -0.4 is 10.1 Å². The van der Waals surface area contributed by atoms with E-state index < -0.39 is 22.2 Å². The van der Waals surface area contributed by atoms with Crippen LogP contribution in [-0.4, -0.2) is 42.8 Å². The van der Waals surface area contributed by atoms with Crippen LogP contribution in [0.25, 0.3) is 10.9 Å². The molecule has 176 valence electrons. The molecule has 3 aromatic rings. The largest absolute Gasteiger partial charge is 0.492 e. The topological polar surface area (TPSA) is 97.6 Å². The van der Waals surface area contributed by atoms with Gasteiger partial charge in [-0.2, -0.15) is 13.2 Å². The van der Waals surface area contributed by atoms with Gasteiger partial charge in [0, 0.05) is 34.6 Å². The highest BCUT2D eigenvalue weighted by atomic mass is 79.9. The molecule has 0 amide bonds. The van der Waals surface area contributed by atoms with Crippen LogP contribution in [0.1, 0.15) is 16.7 Å². The summed E-state index contributed by atoms with van der Waals surface area (Å²) in [6.45, 7) is 2.11. The molecule has 1 aromatic heterocycles. The Labute approximate surface area is 195 Å². The lowest BCUT2D eigenvalue weighted by Gasteiger charge is -2.12. The number of benzene rings is 2. The fourth-order valence-corrected chi connectivity index (χ4v) is 6.18. The van der Waals surface area contributed by atoms with Crippen molar-refractivity contribution in [2.24, 2.45) is 0 Å². The Hall–Kier alpha value is -2.57. The molecule has 2 aromatic carbocycles. The van der Waals surface area contributed by atoms with Crippen LogP contribution in [-0.2, 0) is 34.2 Å². The van der Waals surface area contributed by atoms with Gasteiger partial charge >= 0.3 is 12.1 Å². The van der Waals surface area contributed by atoms with Gasteiger partial charge in [-0.3, -0.25) is 0 Å². The van der Waals surface area contributed by atoms with Gasteiger partial charge in [0.1, 0.15) is 10.6 Å². The van der Waals surface area contributed by atoms with E-state index in [2.05, 4.69) is 27.3 Å². The predicted octanol–water partition coefficient (Wildman–Crippen LogP) is 3.85. The number of halogens is 4. The van der Waals surface area contributed by atoms with Crippen LogP contribution in [0.2, 0.25) is 0 Å². The van der Waals surface area contributed by atoms with Crippen LogP contribution in [0, 0.1) is 0 Å². The number of aliphatic carboxylic acids is 1. The highest BCUT2D eigenvalue weighted by Gasteiger charge is 2.38. The molecule has 0 bridgehead atoms. The van der Waals surface area contributed by atoms with E-state index >= 15 is 0 Å². The summed E-state index contributed by atoms with van der Waals surface area (Å²) in [7, 11) is -3.76. The second-order valence-corrected chi connectivity index (χ2v) is 10.2. The van der Waals surface area contributed by atoms with Crippen LogP contribution in [0.5, 0.6) is 5.75 Å². The molecule has 0 spiro atoms. The first-order chi connectivity index (χ1) is 15.5. The van der Waals surface area contributed by atoms with Gasteiger partial charge in [0.05, 0.1) is 12.1 Å². The summed E-state index contributed by atoms with van der Waals surface area (Å²) < 4.78 is 66.7. The Bertz CT molecular complexity index is 1350. The van der Waals surface area contributed by atoms with Crippen molar-refractivity contribution in [2.75, 3.05) is 13.2 Å². The number of rotatable bonds is 2. The van der Waals surface area contributed by atoms with Crippen molar-refractivity contribution in [1.29, 1.82) is 0 Å². The molecule has 0 unspecified atom stereocenters. The zero-order valence-corrected chi connectivity index (χ0v) is 19.3. The first-order valence-corrected chi connectivity index (χ1v) is 12.1. The number of ether oxygens (including phenoxy) is 1. The van der Waals surface area contributed by atoms with E-state index in [0.717, 1.165) is 58.0 Å². The molecule has 0 aliphatic carbocycles. The summed E-state index contributed by atoms with van der Waals surface area (Å²) in [6, 6.07) is 9.43. The monoisotopic (exact) mass is 546 g/mol. The normalized spacial score (nSPS) is 15.3. The minimum atomic E-state index is -5.08. The molecule has 0 saturated carbocycles. The lowest BCUT2D eigenvalue weighted by molar-refractivity contribution is -0.192. The number of carboxylic acid groups (broad SMARTS) is 1. The van der Waals surface area contributed by atoms with Crippen LogP contribution in [0.15, 0.2) is 45.9 Å². The van der Waals surface area contributed by atoms with Gasteiger partial charge in [0.15, 0.2) is 0 Å². The molecule has 2 N–H and O–H groups in total. The highest BCUT2D eigenvalue weighted by molar-refractivity contribution is 9.10. The maximum Gasteiger partial charge on any atom is 0.490 e. The molecule has 0 atom stereocenters. The molecule has 33 heavy (non-hydrogen) atoms. The average molecular weight is 547 g/mol. The van der Waals surface area contributed by atoms with Crippen molar-refractivity contribution in [3.05, 3.63) is 57.7 Å². The SMILES string of the molecule is O=C(O)C(F)(F)F.O=S(=O)(c1cc(Br)cc2c1OCC2)n1cc2c3c(cccc31)CNCC2. The maximum absolute atomic E-state index is 13.6. The zero-order chi connectivity index (χ0) is 24.0. The van der Waals surface area contributed by atoms with E-state index in [1.54, 1.807) is 12.3 Å². The summed E-state index contributed by atoms with van der Waals surface area (Å²) in [6.07, 6.45) is -1.77. The Morgan fingerprint density at radius 3 is 2.58 bits per heavy atom. The molecule has 7 nitrogen and oxygen atoms in total. The molecular weight excluding hydrogens is 529 g/mol. The number of nitrogens with one attached hydrogen (secondary N) is 1. The zero-order valence-electron chi connectivity index (χ0n) is 16.9. The molecule has 2 aliphatic rings. The number of fused-ring (bicyclic) bond motifs is 1. The Kier molecular flexibility index (Phi) is 6.18. The molecule has 3 heterocycles. The summed E-state index contributed by atoms with van der Waals surface area (Å²) in [4.78, 5) is 9.12. The number of carboxylic acids is 1. The van der Waals surface area contributed by atoms with Crippen LogP contribution in [0.4, 0.5) is 13.2 Å². The third kappa shape index (κ3) is 4.46. The number of aromatic nitrogens is 1. The molecule has 2 aliphatic heterocycles. The van der Waals surface area contributed by atoms with E-state index in [-0.39, 0.29) is 4.90 Å². The number of hydrogen-bond acceptors (Lipinski definition) is 5. The number of hydrogen-bond donors (Lipinski definition) is 2. The summed E-state index contributed by atoms with van der Waals surface area (Å²) in [5.41, 5.74) is 3.87. The first-order valence-electron chi connectivity index (χ1n) is 9.83. The molecular formula is C21H18BrF3N2O5S. The van der Waals surface area contributed by atoms with E-state index in [4.69, 9.17) is 14.6 Å². The Balaban J connectivity index is 0.000000325. The summed E-state index contributed by atoms with van der Waals surface area (Å²) in [5.74, 6) is -2.27. The third-order valence-electron chi connectivity index (χ3n) is 5.34. The molecule has 0 saturated heterocycles.